The zero-order chi connectivity index (χ0) is 17.3. The van der Waals surface area contributed by atoms with E-state index in [1.54, 1.807) is 43.3 Å². The number of carbonyl (C=O) groups excluding carboxylic acids is 3. The van der Waals surface area contributed by atoms with Crippen LogP contribution in [-0.2, 0) is 15.1 Å². The van der Waals surface area contributed by atoms with Gasteiger partial charge in [0.25, 0.3) is 5.91 Å². The zero-order valence-electron chi connectivity index (χ0n) is 12.7. The highest BCUT2D eigenvalue weighted by atomic mass is 35.5. The van der Waals surface area contributed by atoms with E-state index in [1.807, 2.05) is 5.38 Å². The molecule has 0 radical (unpaired) electrons. The van der Waals surface area contributed by atoms with Gasteiger partial charge in [0.05, 0.1) is 0 Å². The molecule has 1 aromatic heterocycles. The molecular weight excluding hydrogens is 350 g/mol. The first kappa shape index (κ1) is 16.5. The highest BCUT2D eigenvalue weighted by molar-refractivity contribution is 7.10. The molecular formula is C16H14ClN3O3S. The Hall–Kier alpha value is -2.38. The molecule has 3 rings (SSSR count). The number of carbonyl (C=O) groups is 3. The van der Waals surface area contributed by atoms with Crippen LogP contribution in [0.15, 0.2) is 41.8 Å². The third kappa shape index (κ3) is 3.00. The number of hydrogen-bond donors (Lipinski definition) is 2. The normalized spacial score (nSPS) is 20.2. The van der Waals surface area contributed by atoms with Crippen LogP contribution >= 0.6 is 22.9 Å². The Bertz CT molecular complexity index is 791. The summed E-state index contributed by atoms with van der Waals surface area (Å²) < 4.78 is 0. The van der Waals surface area contributed by atoms with Gasteiger partial charge in [-0.1, -0.05) is 17.7 Å². The van der Waals surface area contributed by atoms with Crippen molar-refractivity contribution in [1.29, 1.82) is 0 Å². The number of nitrogens with one attached hydrogen (secondary N) is 2. The average Bonchev–Trinajstić information content (AvgIpc) is 3.14. The van der Waals surface area contributed by atoms with Gasteiger partial charge in [0.15, 0.2) is 5.54 Å². The molecule has 6 nitrogen and oxygen atoms in total. The van der Waals surface area contributed by atoms with E-state index in [2.05, 4.69) is 10.6 Å². The second kappa shape index (κ2) is 6.26. The van der Waals surface area contributed by atoms with E-state index in [1.165, 1.54) is 11.3 Å². The summed E-state index contributed by atoms with van der Waals surface area (Å²) in [5.74, 6) is -0.905. The van der Waals surface area contributed by atoms with Crippen molar-refractivity contribution in [2.24, 2.45) is 0 Å². The van der Waals surface area contributed by atoms with Crippen LogP contribution in [0, 0.1) is 0 Å². The quantitative estimate of drug-likeness (QED) is 0.820. The summed E-state index contributed by atoms with van der Waals surface area (Å²) in [6, 6.07) is 9.56. The van der Waals surface area contributed by atoms with Crippen LogP contribution in [0.1, 0.15) is 11.8 Å². The van der Waals surface area contributed by atoms with Crippen molar-refractivity contribution < 1.29 is 14.4 Å². The van der Waals surface area contributed by atoms with Crippen molar-refractivity contribution in [2.75, 3.05) is 11.9 Å². The topological polar surface area (TPSA) is 78.5 Å². The summed E-state index contributed by atoms with van der Waals surface area (Å²) in [5, 5.41) is 7.67. The van der Waals surface area contributed by atoms with Gasteiger partial charge in [-0.3, -0.25) is 14.5 Å². The zero-order valence-corrected chi connectivity index (χ0v) is 14.3. The van der Waals surface area contributed by atoms with Crippen LogP contribution in [0.25, 0.3) is 0 Å². The fourth-order valence-electron chi connectivity index (χ4n) is 2.45. The average molecular weight is 364 g/mol. The number of rotatable bonds is 4. The first-order valence-corrected chi connectivity index (χ1v) is 8.39. The van der Waals surface area contributed by atoms with E-state index in [4.69, 9.17) is 11.6 Å². The molecule has 2 N–H and O–H groups in total. The summed E-state index contributed by atoms with van der Waals surface area (Å²) >= 11 is 7.16. The Morgan fingerprint density at radius 3 is 2.62 bits per heavy atom. The van der Waals surface area contributed by atoms with Gasteiger partial charge in [0.2, 0.25) is 5.91 Å². The maximum absolute atomic E-state index is 12.6. The molecule has 2 heterocycles. The Labute approximate surface area is 147 Å². The van der Waals surface area contributed by atoms with Crippen molar-refractivity contribution in [3.63, 3.8) is 0 Å². The standard InChI is InChI=1S/C16H14ClN3O3S/c1-16(12-3-2-8-24-12)14(22)20(15(23)19-16)9-13(21)18-11-6-4-10(17)5-7-11/h2-8H,9H2,1H3,(H,18,21)(H,19,23)/t16-/m1/s1. The summed E-state index contributed by atoms with van der Waals surface area (Å²) in [6.07, 6.45) is 0. The van der Waals surface area contributed by atoms with Gasteiger partial charge in [-0.05, 0) is 42.6 Å². The number of benzene rings is 1. The van der Waals surface area contributed by atoms with Crippen LogP contribution < -0.4 is 10.6 Å². The Kier molecular flexibility index (Phi) is 4.29. The van der Waals surface area contributed by atoms with Crippen molar-refractivity contribution in [3.8, 4) is 0 Å². The second-order valence-electron chi connectivity index (χ2n) is 5.48. The maximum atomic E-state index is 12.6. The Morgan fingerprint density at radius 2 is 2.00 bits per heavy atom. The molecule has 8 heteroatoms. The van der Waals surface area contributed by atoms with E-state index >= 15 is 0 Å². The van der Waals surface area contributed by atoms with E-state index in [-0.39, 0.29) is 6.54 Å². The van der Waals surface area contributed by atoms with Crippen molar-refractivity contribution >= 4 is 46.5 Å². The third-order valence-electron chi connectivity index (χ3n) is 3.72. The molecule has 1 aliphatic heterocycles. The minimum absolute atomic E-state index is 0.353. The van der Waals surface area contributed by atoms with Crippen LogP contribution in [0.2, 0.25) is 5.02 Å². The number of anilines is 1. The molecule has 4 amide bonds. The number of amides is 4. The van der Waals surface area contributed by atoms with Crippen LogP contribution in [0.5, 0.6) is 0 Å². The first-order valence-electron chi connectivity index (χ1n) is 7.13. The minimum atomic E-state index is -1.13. The summed E-state index contributed by atoms with van der Waals surface area (Å²) in [4.78, 5) is 38.5. The van der Waals surface area contributed by atoms with Crippen LogP contribution in [-0.4, -0.2) is 29.3 Å². The van der Waals surface area contributed by atoms with Crippen molar-refractivity contribution in [2.45, 2.75) is 12.5 Å². The predicted molar refractivity (Wildman–Crippen MR) is 92.0 cm³/mol. The molecule has 1 saturated heterocycles. The molecule has 0 saturated carbocycles. The highest BCUT2D eigenvalue weighted by Crippen LogP contribution is 2.31. The molecule has 1 aromatic carbocycles. The lowest BCUT2D eigenvalue weighted by atomic mass is 10.0. The molecule has 1 fully saturated rings. The molecule has 2 aromatic rings. The second-order valence-corrected chi connectivity index (χ2v) is 6.86. The summed E-state index contributed by atoms with van der Waals surface area (Å²) in [5.41, 5.74) is -0.594. The fourth-order valence-corrected chi connectivity index (χ4v) is 3.41. The smallest absolute Gasteiger partial charge is 0.325 e. The van der Waals surface area contributed by atoms with E-state index in [0.717, 1.165) is 9.78 Å². The van der Waals surface area contributed by atoms with Gasteiger partial charge in [-0.15, -0.1) is 11.3 Å². The lowest BCUT2D eigenvalue weighted by Crippen LogP contribution is -2.41. The number of imide groups is 1. The van der Waals surface area contributed by atoms with Gasteiger partial charge in [0.1, 0.15) is 6.54 Å². The largest absolute Gasteiger partial charge is 0.325 e. The molecule has 0 bridgehead atoms. The molecule has 0 spiro atoms. The monoisotopic (exact) mass is 363 g/mol. The van der Waals surface area contributed by atoms with Gasteiger partial charge >= 0.3 is 6.03 Å². The van der Waals surface area contributed by atoms with Gasteiger partial charge in [0, 0.05) is 15.6 Å². The number of halogens is 1. The first-order chi connectivity index (χ1) is 11.4. The van der Waals surface area contributed by atoms with Gasteiger partial charge in [-0.25, -0.2) is 4.79 Å². The van der Waals surface area contributed by atoms with Gasteiger partial charge < -0.3 is 10.6 Å². The number of thiophene rings is 1. The predicted octanol–water partition coefficient (Wildman–Crippen LogP) is 2.81. The Morgan fingerprint density at radius 1 is 1.29 bits per heavy atom. The lowest BCUT2D eigenvalue weighted by Gasteiger charge is -2.19. The van der Waals surface area contributed by atoms with Crippen LogP contribution in [0.3, 0.4) is 0 Å². The van der Waals surface area contributed by atoms with Gasteiger partial charge in [-0.2, -0.15) is 0 Å². The SMILES string of the molecule is C[C@]1(c2cccs2)NC(=O)N(CC(=O)Nc2ccc(Cl)cc2)C1=O. The van der Waals surface area contributed by atoms with Crippen molar-refractivity contribution in [1.82, 2.24) is 10.2 Å². The van der Waals surface area contributed by atoms with E-state index in [9.17, 15) is 14.4 Å². The van der Waals surface area contributed by atoms with Crippen molar-refractivity contribution in [3.05, 3.63) is 51.7 Å². The number of hydrogen-bond acceptors (Lipinski definition) is 4. The molecule has 0 unspecified atom stereocenters. The molecule has 1 atom stereocenters. The third-order valence-corrected chi connectivity index (χ3v) is 5.06. The molecule has 0 aliphatic carbocycles. The molecule has 1 aliphatic rings. The van der Waals surface area contributed by atoms with E-state index in [0.29, 0.717) is 10.7 Å². The lowest BCUT2D eigenvalue weighted by molar-refractivity contribution is -0.133. The molecule has 24 heavy (non-hydrogen) atoms. The fraction of sp³-hybridized carbons (Fsp3) is 0.188. The summed E-state index contributed by atoms with van der Waals surface area (Å²) in [7, 11) is 0. The summed E-state index contributed by atoms with van der Waals surface area (Å²) in [6.45, 7) is 1.28. The number of urea groups is 1. The molecule has 124 valence electrons. The highest BCUT2D eigenvalue weighted by Gasteiger charge is 2.50. The van der Waals surface area contributed by atoms with E-state index < -0.39 is 23.4 Å². The number of nitrogens with zero attached hydrogens (tertiary/aromatic N) is 1. The Balaban J connectivity index is 1.71. The minimum Gasteiger partial charge on any atom is -0.325 e. The maximum Gasteiger partial charge on any atom is 0.325 e. The van der Waals surface area contributed by atoms with Crippen LogP contribution in [0.4, 0.5) is 10.5 Å².